The Balaban J connectivity index is 1.55. The van der Waals surface area contributed by atoms with Gasteiger partial charge in [0.25, 0.3) is 0 Å². The van der Waals surface area contributed by atoms with Crippen LogP contribution in [0, 0.1) is 0 Å². The summed E-state index contributed by atoms with van der Waals surface area (Å²) in [6, 6.07) is 1.97. The SMILES string of the molecule is CC(=O)N1CCN(c2cc(NCC3CCCO3)ncn2)CC1. The molecule has 7 heteroatoms. The van der Waals surface area contributed by atoms with Gasteiger partial charge in [0.05, 0.1) is 6.10 Å². The highest BCUT2D eigenvalue weighted by molar-refractivity contribution is 5.73. The van der Waals surface area contributed by atoms with Crippen molar-refractivity contribution in [2.45, 2.75) is 25.9 Å². The van der Waals surface area contributed by atoms with Crippen molar-refractivity contribution in [2.24, 2.45) is 0 Å². The lowest BCUT2D eigenvalue weighted by molar-refractivity contribution is -0.129. The fourth-order valence-corrected chi connectivity index (χ4v) is 2.89. The van der Waals surface area contributed by atoms with Crippen LogP contribution >= 0.6 is 0 Å². The predicted octanol–water partition coefficient (Wildman–Crippen LogP) is 0.736. The maximum Gasteiger partial charge on any atom is 0.219 e. The Bertz CT molecular complexity index is 510. The Labute approximate surface area is 130 Å². The number of ether oxygens (including phenoxy) is 1. The quantitative estimate of drug-likeness (QED) is 0.884. The van der Waals surface area contributed by atoms with Crippen molar-refractivity contribution >= 4 is 17.5 Å². The summed E-state index contributed by atoms with van der Waals surface area (Å²) in [6.07, 6.45) is 4.13. The summed E-state index contributed by atoms with van der Waals surface area (Å²) in [4.78, 5) is 24.1. The van der Waals surface area contributed by atoms with Gasteiger partial charge in [-0.2, -0.15) is 0 Å². The lowest BCUT2D eigenvalue weighted by atomic mass is 10.2. The summed E-state index contributed by atoms with van der Waals surface area (Å²) >= 11 is 0. The molecule has 3 rings (SSSR count). The summed E-state index contributed by atoms with van der Waals surface area (Å²) < 4.78 is 5.60. The predicted molar refractivity (Wildman–Crippen MR) is 84.0 cm³/mol. The first-order chi connectivity index (χ1) is 10.7. The van der Waals surface area contributed by atoms with Gasteiger partial charge in [-0.25, -0.2) is 9.97 Å². The maximum atomic E-state index is 11.4. The van der Waals surface area contributed by atoms with Crippen molar-refractivity contribution in [3.63, 3.8) is 0 Å². The van der Waals surface area contributed by atoms with Crippen LogP contribution < -0.4 is 10.2 Å². The van der Waals surface area contributed by atoms with E-state index in [0.717, 1.165) is 63.8 Å². The van der Waals surface area contributed by atoms with Crippen molar-refractivity contribution in [1.29, 1.82) is 0 Å². The molecule has 0 spiro atoms. The molecule has 1 N–H and O–H groups in total. The molecule has 120 valence electrons. The van der Waals surface area contributed by atoms with E-state index in [9.17, 15) is 4.79 Å². The van der Waals surface area contributed by atoms with Crippen molar-refractivity contribution in [2.75, 3.05) is 49.5 Å². The number of piperazine rings is 1. The van der Waals surface area contributed by atoms with E-state index in [2.05, 4.69) is 20.2 Å². The van der Waals surface area contributed by atoms with Crippen LogP contribution in [0.15, 0.2) is 12.4 Å². The number of nitrogens with zero attached hydrogens (tertiary/aromatic N) is 4. The highest BCUT2D eigenvalue weighted by atomic mass is 16.5. The zero-order chi connectivity index (χ0) is 15.4. The molecule has 0 aromatic carbocycles. The summed E-state index contributed by atoms with van der Waals surface area (Å²) in [5.74, 6) is 1.88. The molecule has 1 atom stereocenters. The molecule has 3 heterocycles. The van der Waals surface area contributed by atoms with E-state index < -0.39 is 0 Å². The second-order valence-electron chi connectivity index (χ2n) is 5.77. The molecule has 0 aliphatic carbocycles. The molecule has 7 nitrogen and oxygen atoms in total. The van der Waals surface area contributed by atoms with Crippen molar-refractivity contribution in [3.8, 4) is 0 Å². The fourth-order valence-electron chi connectivity index (χ4n) is 2.89. The van der Waals surface area contributed by atoms with Gasteiger partial charge in [0.15, 0.2) is 0 Å². The fraction of sp³-hybridized carbons (Fsp3) is 0.667. The lowest BCUT2D eigenvalue weighted by Gasteiger charge is -2.34. The van der Waals surface area contributed by atoms with Gasteiger partial charge in [-0.05, 0) is 12.8 Å². The van der Waals surface area contributed by atoms with Crippen LogP contribution in [0.3, 0.4) is 0 Å². The number of hydrogen-bond donors (Lipinski definition) is 1. The molecule has 1 aromatic rings. The standard InChI is InChI=1S/C15H23N5O2/c1-12(21)19-4-6-20(7-5-19)15-9-14(17-11-18-15)16-10-13-3-2-8-22-13/h9,11,13H,2-8,10H2,1H3,(H,16,17,18). The van der Waals surface area contributed by atoms with Crippen LogP contribution in [0.5, 0.6) is 0 Å². The third kappa shape index (κ3) is 3.65. The first-order valence-corrected chi connectivity index (χ1v) is 7.90. The molecule has 2 saturated heterocycles. The summed E-state index contributed by atoms with van der Waals surface area (Å²) in [6.45, 7) is 6.38. The average Bonchev–Trinajstić information content (AvgIpc) is 3.07. The number of amides is 1. The van der Waals surface area contributed by atoms with Crippen LogP contribution in [-0.4, -0.2) is 66.2 Å². The normalized spacial score (nSPS) is 22.0. The van der Waals surface area contributed by atoms with Gasteiger partial charge in [0.1, 0.15) is 18.0 Å². The zero-order valence-corrected chi connectivity index (χ0v) is 13.0. The molecule has 2 aliphatic heterocycles. The average molecular weight is 305 g/mol. The van der Waals surface area contributed by atoms with E-state index in [1.54, 1.807) is 13.3 Å². The number of nitrogens with one attached hydrogen (secondary N) is 1. The van der Waals surface area contributed by atoms with Crippen molar-refractivity contribution < 1.29 is 9.53 Å². The van der Waals surface area contributed by atoms with Crippen LogP contribution in [0.1, 0.15) is 19.8 Å². The summed E-state index contributed by atoms with van der Waals surface area (Å²) in [5, 5.41) is 3.33. The van der Waals surface area contributed by atoms with E-state index in [1.165, 1.54) is 0 Å². The monoisotopic (exact) mass is 305 g/mol. The number of carbonyl (C=O) groups is 1. The minimum Gasteiger partial charge on any atom is -0.376 e. The van der Waals surface area contributed by atoms with Gasteiger partial charge in [-0.1, -0.05) is 0 Å². The van der Waals surface area contributed by atoms with Crippen molar-refractivity contribution in [3.05, 3.63) is 12.4 Å². The summed E-state index contributed by atoms with van der Waals surface area (Å²) in [7, 11) is 0. The van der Waals surface area contributed by atoms with Gasteiger partial charge in [-0.15, -0.1) is 0 Å². The Morgan fingerprint density at radius 1 is 1.36 bits per heavy atom. The van der Waals surface area contributed by atoms with Crippen LogP contribution in [0.25, 0.3) is 0 Å². The number of carbonyl (C=O) groups excluding carboxylic acids is 1. The Kier molecular flexibility index (Phi) is 4.72. The minimum atomic E-state index is 0.140. The molecule has 2 aliphatic rings. The van der Waals surface area contributed by atoms with E-state index in [0.29, 0.717) is 0 Å². The Hall–Kier alpha value is -1.89. The topological polar surface area (TPSA) is 70.6 Å². The van der Waals surface area contributed by atoms with Gasteiger partial charge < -0.3 is 19.9 Å². The largest absolute Gasteiger partial charge is 0.376 e. The number of rotatable bonds is 4. The molecular weight excluding hydrogens is 282 g/mol. The second-order valence-corrected chi connectivity index (χ2v) is 5.77. The van der Waals surface area contributed by atoms with E-state index >= 15 is 0 Å². The molecule has 0 radical (unpaired) electrons. The molecule has 1 aromatic heterocycles. The van der Waals surface area contributed by atoms with Gasteiger partial charge >= 0.3 is 0 Å². The smallest absolute Gasteiger partial charge is 0.219 e. The number of hydrogen-bond acceptors (Lipinski definition) is 6. The first kappa shape index (κ1) is 15.0. The van der Waals surface area contributed by atoms with Crippen molar-refractivity contribution in [1.82, 2.24) is 14.9 Å². The molecule has 1 amide bonds. The maximum absolute atomic E-state index is 11.4. The molecule has 0 bridgehead atoms. The Morgan fingerprint density at radius 3 is 2.86 bits per heavy atom. The van der Waals surface area contributed by atoms with Crippen LogP contribution in [0.2, 0.25) is 0 Å². The molecular formula is C15H23N5O2. The van der Waals surface area contributed by atoms with Crippen LogP contribution in [-0.2, 0) is 9.53 Å². The van der Waals surface area contributed by atoms with Gasteiger partial charge in [0, 0.05) is 52.3 Å². The zero-order valence-electron chi connectivity index (χ0n) is 13.0. The molecule has 1 unspecified atom stereocenters. The van der Waals surface area contributed by atoms with E-state index in [4.69, 9.17) is 4.74 Å². The molecule has 0 saturated carbocycles. The number of anilines is 2. The van der Waals surface area contributed by atoms with E-state index in [-0.39, 0.29) is 12.0 Å². The third-order valence-electron chi connectivity index (χ3n) is 4.24. The van der Waals surface area contributed by atoms with Gasteiger partial charge in [-0.3, -0.25) is 4.79 Å². The minimum absolute atomic E-state index is 0.140. The van der Waals surface area contributed by atoms with E-state index in [1.807, 2.05) is 11.0 Å². The lowest BCUT2D eigenvalue weighted by Crippen LogP contribution is -2.48. The van der Waals surface area contributed by atoms with Gasteiger partial charge in [0.2, 0.25) is 5.91 Å². The Morgan fingerprint density at radius 2 is 2.18 bits per heavy atom. The highest BCUT2D eigenvalue weighted by Crippen LogP contribution is 2.17. The highest BCUT2D eigenvalue weighted by Gasteiger charge is 2.20. The number of aromatic nitrogens is 2. The third-order valence-corrected chi connectivity index (χ3v) is 4.24. The molecule has 22 heavy (non-hydrogen) atoms. The van der Waals surface area contributed by atoms with Crippen LogP contribution in [0.4, 0.5) is 11.6 Å². The molecule has 2 fully saturated rings. The first-order valence-electron chi connectivity index (χ1n) is 7.90. The second kappa shape index (κ2) is 6.91. The summed E-state index contributed by atoms with van der Waals surface area (Å²) in [5.41, 5.74) is 0.